The summed E-state index contributed by atoms with van der Waals surface area (Å²) in [6.45, 7) is 5.98. The number of carbonyl (C=O) groups is 1. The number of aromatic nitrogens is 2. The van der Waals surface area contributed by atoms with Gasteiger partial charge < -0.3 is 9.26 Å². The molecule has 0 radical (unpaired) electrons. The van der Waals surface area contributed by atoms with Crippen LogP contribution in [-0.2, 0) is 16.1 Å². The Morgan fingerprint density at radius 1 is 1.59 bits per heavy atom. The first-order valence-corrected chi connectivity index (χ1v) is 5.69. The molecule has 2 atom stereocenters. The highest BCUT2D eigenvalue weighted by Crippen LogP contribution is 2.25. The second-order valence-electron chi connectivity index (χ2n) is 4.54. The van der Waals surface area contributed by atoms with Crippen molar-refractivity contribution in [3.8, 4) is 0 Å². The van der Waals surface area contributed by atoms with Crippen molar-refractivity contribution < 1.29 is 14.1 Å². The summed E-state index contributed by atoms with van der Waals surface area (Å²) in [5.74, 6) is 1.34. The lowest BCUT2D eigenvalue weighted by Gasteiger charge is -2.12. The molecule has 0 bridgehead atoms. The minimum atomic E-state index is -0.137. The number of hydrogen-bond acceptors (Lipinski definition) is 6. The fourth-order valence-electron chi connectivity index (χ4n) is 2.25. The highest BCUT2D eigenvalue weighted by atomic mass is 16.5. The standard InChI is InChI=1S/C11H17N3O3/c1-7-4-14(5-9(7)11(15)16-3)6-10-12-8(2)13-17-10/h7,9H,4-6H2,1-3H3. The molecular formula is C11H17N3O3. The maximum Gasteiger partial charge on any atom is 0.310 e. The Bertz CT molecular complexity index is 404. The topological polar surface area (TPSA) is 68.5 Å². The number of ether oxygens (including phenoxy) is 1. The lowest BCUT2D eigenvalue weighted by Crippen LogP contribution is -2.24. The van der Waals surface area contributed by atoms with Crippen LogP contribution in [0.15, 0.2) is 4.52 Å². The van der Waals surface area contributed by atoms with Crippen LogP contribution in [0.4, 0.5) is 0 Å². The van der Waals surface area contributed by atoms with Crippen LogP contribution in [-0.4, -0.2) is 41.2 Å². The quantitative estimate of drug-likeness (QED) is 0.720. The summed E-state index contributed by atoms with van der Waals surface area (Å²) in [6, 6.07) is 0. The first kappa shape index (κ1) is 12.0. The van der Waals surface area contributed by atoms with Crippen LogP contribution in [0, 0.1) is 18.8 Å². The predicted molar refractivity (Wildman–Crippen MR) is 59.0 cm³/mol. The highest BCUT2D eigenvalue weighted by Gasteiger charge is 2.35. The Balaban J connectivity index is 1.95. The second kappa shape index (κ2) is 4.83. The van der Waals surface area contributed by atoms with Crippen molar-refractivity contribution in [2.45, 2.75) is 20.4 Å². The van der Waals surface area contributed by atoms with E-state index in [0.29, 0.717) is 30.7 Å². The molecule has 1 aromatic heterocycles. The molecule has 1 fully saturated rings. The average molecular weight is 239 g/mol. The van der Waals surface area contributed by atoms with Gasteiger partial charge >= 0.3 is 5.97 Å². The van der Waals surface area contributed by atoms with Crippen LogP contribution in [0.5, 0.6) is 0 Å². The predicted octanol–water partition coefficient (Wildman–Crippen LogP) is 0.619. The van der Waals surface area contributed by atoms with Gasteiger partial charge in [0.05, 0.1) is 19.6 Å². The van der Waals surface area contributed by atoms with Crippen molar-refractivity contribution in [2.75, 3.05) is 20.2 Å². The minimum Gasteiger partial charge on any atom is -0.469 e. The van der Waals surface area contributed by atoms with Gasteiger partial charge in [-0.1, -0.05) is 12.1 Å². The van der Waals surface area contributed by atoms with Gasteiger partial charge in [0, 0.05) is 13.1 Å². The van der Waals surface area contributed by atoms with Gasteiger partial charge in [0.15, 0.2) is 5.82 Å². The van der Waals surface area contributed by atoms with E-state index in [1.807, 2.05) is 0 Å². The van der Waals surface area contributed by atoms with Gasteiger partial charge in [-0.2, -0.15) is 4.98 Å². The summed E-state index contributed by atoms with van der Waals surface area (Å²) >= 11 is 0. The van der Waals surface area contributed by atoms with Crippen molar-refractivity contribution in [1.82, 2.24) is 15.0 Å². The van der Waals surface area contributed by atoms with Crippen LogP contribution in [0.2, 0.25) is 0 Å². The van der Waals surface area contributed by atoms with Crippen LogP contribution in [0.25, 0.3) is 0 Å². The van der Waals surface area contributed by atoms with Crippen molar-refractivity contribution in [3.05, 3.63) is 11.7 Å². The molecule has 6 heteroatoms. The van der Waals surface area contributed by atoms with Crippen molar-refractivity contribution >= 4 is 5.97 Å². The molecule has 1 saturated heterocycles. The Labute approximate surface area is 99.9 Å². The fourth-order valence-corrected chi connectivity index (χ4v) is 2.25. The summed E-state index contributed by atoms with van der Waals surface area (Å²) in [7, 11) is 1.43. The molecule has 0 N–H and O–H groups in total. The van der Waals surface area contributed by atoms with E-state index >= 15 is 0 Å². The van der Waals surface area contributed by atoms with E-state index in [-0.39, 0.29) is 11.9 Å². The summed E-state index contributed by atoms with van der Waals surface area (Å²) in [5, 5.41) is 3.74. The van der Waals surface area contributed by atoms with Gasteiger partial charge in [0.25, 0.3) is 0 Å². The fraction of sp³-hybridized carbons (Fsp3) is 0.727. The average Bonchev–Trinajstić information content (AvgIpc) is 2.85. The molecule has 1 aliphatic heterocycles. The Kier molecular flexibility index (Phi) is 3.42. The molecule has 94 valence electrons. The smallest absolute Gasteiger partial charge is 0.310 e. The van der Waals surface area contributed by atoms with E-state index in [9.17, 15) is 4.79 Å². The zero-order valence-corrected chi connectivity index (χ0v) is 10.3. The van der Waals surface area contributed by atoms with E-state index in [2.05, 4.69) is 22.0 Å². The zero-order valence-electron chi connectivity index (χ0n) is 10.3. The third kappa shape index (κ3) is 2.63. The van der Waals surface area contributed by atoms with Crippen LogP contribution in [0.1, 0.15) is 18.6 Å². The van der Waals surface area contributed by atoms with Gasteiger partial charge in [-0.15, -0.1) is 0 Å². The molecule has 1 aromatic rings. The maximum absolute atomic E-state index is 11.5. The number of carbonyl (C=O) groups excluding carboxylic acids is 1. The third-order valence-electron chi connectivity index (χ3n) is 3.12. The zero-order chi connectivity index (χ0) is 12.4. The Morgan fingerprint density at radius 3 is 2.94 bits per heavy atom. The molecule has 0 spiro atoms. The monoisotopic (exact) mass is 239 g/mol. The van der Waals surface area contributed by atoms with E-state index < -0.39 is 0 Å². The summed E-state index contributed by atoms with van der Waals surface area (Å²) in [6.07, 6.45) is 0. The molecule has 0 saturated carbocycles. The third-order valence-corrected chi connectivity index (χ3v) is 3.12. The summed E-state index contributed by atoms with van der Waals surface area (Å²) in [4.78, 5) is 17.8. The first-order chi connectivity index (χ1) is 8.10. The van der Waals surface area contributed by atoms with Gasteiger partial charge in [-0.05, 0) is 12.8 Å². The van der Waals surface area contributed by atoms with Crippen molar-refractivity contribution in [1.29, 1.82) is 0 Å². The number of hydrogen-bond donors (Lipinski definition) is 0. The number of aryl methyl sites for hydroxylation is 1. The molecule has 17 heavy (non-hydrogen) atoms. The molecule has 0 aromatic carbocycles. The van der Waals surface area contributed by atoms with Crippen molar-refractivity contribution in [2.24, 2.45) is 11.8 Å². The van der Waals surface area contributed by atoms with Crippen LogP contribution in [0.3, 0.4) is 0 Å². The first-order valence-electron chi connectivity index (χ1n) is 5.69. The lowest BCUT2D eigenvalue weighted by molar-refractivity contribution is -0.146. The number of nitrogens with zero attached hydrogens (tertiary/aromatic N) is 3. The van der Waals surface area contributed by atoms with Gasteiger partial charge in [-0.25, -0.2) is 0 Å². The van der Waals surface area contributed by atoms with E-state index in [4.69, 9.17) is 9.26 Å². The molecule has 2 unspecified atom stereocenters. The number of likely N-dealkylation sites (tertiary alicyclic amines) is 1. The maximum atomic E-state index is 11.5. The molecule has 0 aliphatic carbocycles. The molecule has 2 rings (SSSR count). The molecule has 1 aliphatic rings. The van der Waals surface area contributed by atoms with Crippen LogP contribution < -0.4 is 0 Å². The SMILES string of the molecule is COC(=O)C1CN(Cc2nc(C)no2)CC1C. The van der Waals surface area contributed by atoms with Crippen molar-refractivity contribution in [3.63, 3.8) is 0 Å². The molecule has 2 heterocycles. The Hall–Kier alpha value is -1.43. The number of rotatable bonds is 3. The summed E-state index contributed by atoms with van der Waals surface area (Å²) < 4.78 is 9.85. The summed E-state index contributed by atoms with van der Waals surface area (Å²) in [5.41, 5.74) is 0. The largest absolute Gasteiger partial charge is 0.469 e. The second-order valence-corrected chi connectivity index (χ2v) is 4.54. The van der Waals surface area contributed by atoms with E-state index in [1.54, 1.807) is 6.92 Å². The number of methoxy groups -OCH3 is 1. The Morgan fingerprint density at radius 2 is 2.35 bits per heavy atom. The highest BCUT2D eigenvalue weighted by molar-refractivity contribution is 5.73. The van der Waals surface area contributed by atoms with Gasteiger partial charge in [0.2, 0.25) is 5.89 Å². The normalized spacial score (nSPS) is 25.1. The molecule has 6 nitrogen and oxygen atoms in total. The van der Waals surface area contributed by atoms with E-state index in [0.717, 1.165) is 6.54 Å². The van der Waals surface area contributed by atoms with Crippen LogP contribution >= 0.6 is 0 Å². The molecular weight excluding hydrogens is 222 g/mol. The lowest BCUT2D eigenvalue weighted by atomic mass is 9.99. The van der Waals surface area contributed by atoms with Gasteiger partial charge in [0.1, 0.15) is 0 Å². The minimum absolute atomic E-state index is 0.0518. The molecule has 0 amide bonds. The number of esters is 1. The van der Waals surface area contributed by atoms with E-state index in [1.165, 1.54) is 7.11 Å². The van der Waals surface area contributed by atoms with Gasteiger partial charge in [-0.3, -0.25) is 9.69 Å².